The first-order valence-corrected chi connectivity index (χ1v) is 6.02. The summed E-state index contributed by atoms with van der Waals surface area (Å²) in [6.07, 6.45) is 0. The Labute approximate surface area is 119 Å². The summed E-state index contributed by atoms with van der Waals surface area (Å²) < 4.78 is 32.0. The highest BCUT2D eigenvalue weighted by Crippen LogP contribution is 2.27. The molecule has 0 saturated heterocycles. The Bertz CT molecular complexity index is 689. The van der Waals surface area contributed by atoms with Crippen LogP contribution in [-0.4, -0.2) is 18.1 Å². The molecule has 0 unspecified atom stereocenters. The first-order chi connectivity index (χ1) is 9.43. The van der Waals surface area contributed by atoms with Gasteiger partial charge in [0, 0.05) is 5.56 Å². The van der Waals surface area contributed by atoms with Crippen molar-refractivity contribution in [1.29, 1.82) is 0 Å². The molecule has 1 heterocycles. The topological polar surface area (TPSA) is 39.2 Å². The van der Waals surface area contributed by atoms with Crippen molar-refractivity contribution in [2.24, 2.45) is 0 Å². The summed E-state index contributed by atoms with van der Waals surface area (Å²) in [5.74, 6) is -2.04. The van der Waals surface area contributed by atoms with Crippen LogP contribution in [0, 0.1) is 18.6 Å². The van der Waals surface area contributed by atoms with E-state index in [4.69, 9.17) is 11.6 Å². The van der Waals surface area contributed by atoms with E-state index in [9.17, 15) is 13.6 Å². The Hall–Kier alpha value is -2.01. The molecule has 2 aromatic rings. The first kappa shape index (κ1) is 14.4. The zero-order valence-electron chi connectivity index (χ0n) is 10.7. The zero-order valence-corrected chi connectivity index (χ0v) is 11.5. The standard InChI is InChI=1S/C14H10ClF2NO2/c1-7-3-4-8(5-10(7)16)12-11(17)6-9(13(15)18-12)14(19)20-2/h3-6H,1-2H3. The maximum Gasteiger partial charge on any atom is 0.341 e. The minimum Gasteiger partial charge on any atom is -0.465 e. The Kier molecular flexibility index (Phi) is 3.99. The molecule has 0 atom stereocenters. The number of benzene rings is 1. The van der Waals surface area contributed by atoms with Gasteiger partial charge in [-0.1, -0.05) is 23.7 Å². The van der Waals surface area contributed by atoms with E-state index in [2.05, 4.69) is 9.72 Å². The predicted octanol–water partition coefficient (Wildman–Crippen LogP) is 3.78. The van der Waals surface area contributed by atoms with E-state index >= 15 is 0 Å². The van der Waals surface area contributed by atoms with Gasteiger partial charge in [0.25, 0.3) is 0 Å². The molecule has 0 saturated carbocycles. The molecule has 0 N–H and O–H groups in total. The summed E-state index contributed by atoms with van der Waals surface area (Å²) >= 11 is 5.82. The van der Waals surface area contributed by atoms with Gasteiger partial charge >= 0.3 is 5.97 Å². The number of hydrogen-bond donors (Lipinski definition) is 0. The Balaban J connectivity index is 2.55. The molecular weight excluding hydrogens is 288 g/mol. The van der Waals surface area contributed by atoms with Crippen molar-refractivity contribution in [3.63, 3.8) is 0 Å². The molecular formula is C14H10ClF2NO2. The highest BCUT2D eigenvalue weighted by atomic mass is 35.5. The van der Waals surface area contributed by atoms with Crippen LogP contribution in [0.1, 0.15) is 15.9 Å². The number of nitrogens with zero attached hydrogens (tertiary/aromatic N) is 1. The second kappa shape index (κ2) is 5.54. The lowest BCUT2D eigenvalue weighted by Crippen LogP contribution is -2.05. The molecule has 2 rings (SSSR count). The zero-order chi connectivity index (χ0) is 14.9. The maximum absolute atomic E-state index is 14.0. The monoisotopic (exact) mass is 297 g/mol. The van der Waals surface area contributed by atoms with E-state index < -0.39 is 17.6 Å². The second-order valence-electron chi connectivity index (χ2n) is 4.11. The first-order valence-electron chi connectivity index (χ1n) is 5.65. The molecule has 0 aliphatic heterocycles. The lowest BCUT2D eigenvalue weighted by molar-refractivity contribution is 0.0600. The minimum atomic E-state index is -0.789. The van der Waals surface area contributed by atoms with Gasteiger partial charge in [-0.3, -0.25) is 0 Å². The van der Waals surface area contributed by atoms with Gasteiger partial charge in [-0.2, -0.15) is 0 Å². The van der Waals surface area contributed by atoms with Crippen molar-refractivity contribution in [3.05, 3.63) is 52.2 Å². The molecule has 1 aromatic carbocycles. The molecule has 0 fully saturated rings. The van der Waals surface area contributed by atoms with Gasteiger partial charge in [0.2, 0.25) is 0 Å². The van der Waals surface area contributed by atoms with Crippen LogP contribution in [0.15, 0.2) is 24.3 Å². The smallest absolute Gasteiger partial charge is 0.341 e. The molecule has 0 bridgehead atoms. The molecule has 0 amide bonds. The SMILES string of the molecule is COC(=O)c1cc(F)c(-c2ccc(C)c(F)c2)nc1Cl. The average Bonchev–Trinajstić information content (AvgIpc) is 2.43. The number of methoxy groups -OCH3 is 1. The van der Waals surface area contributed by atoms with Gasteiger partial charge < -0.3 is 4.74 Å². The average molecular weight is 298 g/mol. The van der Waals surface area contributed by atoms with Crippen LogP contribution in [0.25, 0.3) is 11.3 Å². The largest absolute Gasteiger partial charge is 0.465 e. The number of carbonyl (C=O) groups excluding carboxylic acids is 1. The van der Waals surface area contributed by atoms with Crippen molar-refractivity contribution in [1.82, 2.24) is 4.98 Å². The summed E-state index contributed by atoms with van der Waals surface area (Å²) in [6, 6.07) is 5.12. The molecule has 0 aliphatic rings. The molecule has 6 heteroatoms. The van der Waals surface area contributed by atoms with Crippen molar-refractivity contribution < 1.29 is 18.3 Å². The van der Waals surface area contributed by atoms with E-state index in [1.165, 1.54) is 12.1 Å². The van der Waals surface area contributed by atoms with Gasteiger partial charge in [-0.25, -0.2) is 18.6 Å². The Morgan fingerprint density at radius 2 is 1.95 bits per heavy atom. The summed E-state index contributed by atoms with van der Waals surface area (Å²) in [7, 11) is 1.15. The fraction of sp³-hybridized carbons (Fsp3) is 0.143. The van der Waals surface area contributed by atoms with Crippen LogP contribution < -0.4 is 0 Å². The van der Waals surface area contributed by atoms with Crippen LogP contribution in [0.4, 0.5) is 8.78 Å². The van der Waals surface area contributed by atoms with Gasteiger partial charge in [0.05, 0.1) is 12.7 Å². The fourth-order valence-electron chi connectivity index (χ4n) is 1.66. The maximum atomic E-state index is 14.0. The third kappa shape index (κ3) is 2.63. The molecule has 3 nitrogen and oxygen atoms in total. The molecule has 104 valence electrons. The molecule has 0 radical (unpaired) electrons. The van der Waals surface area contributed by atoms with Crippen LogP contribution in [-0.2, 0) is 4.74 Å². The van der Waals surface area contributed by atoms with Gasteiger partial charge in [0.15, 0.2) is 0 Å². The van der Waals surface area contributed by atoms with E-state index in [-0.39, 0.29) is 22.0 Å². The second-order valence-corrected chi connectivity index (χ2v) is 4.47. The lowest BCUT2D eigenvalue weighted by atomic mass is 10.1. The molecule has 1 aromatic heterocycles. The van der Waals surface area contributed by atoms with Gasteiger partial charge in [0.1, 0.15) is 22.5 Å². The fourth-order valence-corrected chi connectivity index (χ4v) is 1.88. The number of halogens is 3. The highest BCUT2D eigenvalue weighted by Gasteiger charge is 2.18. The summed E-state index contributed by atoms with van der Waals surface area (Å²) in [5, 5.41) is -0.200. The Morgan fingerprint density at radius 3 is 2.55 bits per heavy atom. The number of rotatable bonds is 2. The van der Waals surface area contributed by atoms with Crippen molar-refractivity contribution in [3.8, 4) is 11.3 Å². The van der Waals surface area contributed by atoms with E-state index in [1.807, 2.05) is 0 Å². The number of hydrogen-bond acceptors (Lipinski definition) is 3. The summed E-state index contributed by atoms with van der Waals surface area (Å²) in [6.45, 7) is 1.59. The number of aryl methyl sites for hydroxylation is 1. The van der Waals surface area contributed by atoms with Crippen LogP contribution >= 0.6 is 11.6 Å². The van der Waals surface area contributed by atoms with Crippen LogP contribution in [0.5, 0.6) is 0 Å². The van der Waals surface area contributed by atoms with Gasteiger partial charge in [-0.15, -0.1) is 0 Å². The quantitative estimate of drug-likeness (QED) is 0.625. The molecule has 20 heavy (non-hydrogen) atoms. The van der Waals surface area contributed by atoms with E-state index in [0.29, 0.717) is 5.56 Å². The predicted molar refractivity (Wildman–Crippen MR) is 70.7 cm³/mol. The van der Waals surface area contributed by atoms with Crippen molar-refractivity contribution in [2.45, 2.75) is 6.92 Å². The number of esters is 1. The number of pyridine rings is 1. The normalized spacial score (nSPS) is 10.4. The van der Waals surface area contributed by atoms with Crippen molar-refractivity contribution in [2.75, 3.05) is 7.11 Å². The Morgan fingerprint density at radius 1 is 1.25 bits per heavy atom. The minimum absolute atomic E-state index is 0.124. The van der Waals surface area contributed by atoms with Crippen LogP contribution in [0.3, 0.4) is 0 Å². The lowest BCUT2D eigenvalue weighted by Gasteiger charge is -2.07. The summed E-state index contributed by atoms with van der Waals surface area (Å²) in [5.41, 5.74) is 0.375. The number of aromatic nitrogens is 1. The van der Waals surface area contributed by atoms with Gasteiger partial charge in [-0.05, 0) is 24.6 Å². The number of carbonyl (C=O) groups is 1. The van der Waals surface area contributed by atoms with Crippen LogP contribution in [0.2, 0.25) is 5.15 Å². The molecule has 0 spiro atoms. The van der Waals surface area contributed by atoms with E-state index in [1.54, 1.807) is 6.92 Å². The van der Waals surface area contributed by atoms with E-state index in [0.717, 1.165) is 19.2 Å². The number of ether oxygens (including phenoxy) is 1. The molecule has 0 aliphatic carbocycles. The summed E-state index contributed by atoms with van der Waals surface area (Å²) in [4.78, 5) is 15.2. The van der Waals surface area contributed by atoms with Crippen molar-refractivity contribution >= 4 is 17.6 Å². The third-order valence-electron chi connectivity index (χ3n) is 2.78. The third-order valence-corrected chi connectivity index (χ3v) is 3.07. The highest BCUT2D eigenvalue weighted by molar-refractivity contribution is 6.32.